The monoisotopic (exact) mass is 399 g/mol. The largest absolute Gasteiger partial charge is 0.482 e. The number of rotatable bonds is 7. The van der Waals surface area contributed by atoms with Gasteiger partial charge in [0.25, 0.3) is 5.91 Å². The third kappa shape index (κ3) is 4.73. The van der Waals surface area contributed by atoms with Crippen molar-refractivity contribution < 1.29 is 13.9 Å². The Hall–Kier alpha value is -2.79. The number of ether oxygens (including phenoxy) is 1. The molecule has 28 heavy (non-hydrogen) atoms. The molecular weight excluding hydrogens is 378 g/mol. The summed E-state index contributed by atoms with van der Waals surface area (Å²) in [5, 5.41) is 3.91. The van der Waals surface area contributed by atoms with Crippen molar-refractivity contribution in [1.29, 1.82) is 0 Å². The zero-order valence-corrected chi connectivity index (χ0v) is 16.6. The first kappa shape index (κ1) is 20.0. The maximum Gasteiger partial charge on any atom is 0.336 e. The lowest BCUT2D eigenvalue weighted by Crippen LogP contribution is -2.35. The molecule has 0 fully saturated rings. The van der Waals surface area contributed by atoms with E-state index in [1.807, 2.05) is 37.3 Å². The highest BCUT2D eigenvalue weighted by Crippen LogP contribution is 2.34. The van der Waals surface area contributed by atoms with Crippen molar-refractivity contribution in [1.82, 2.24) is 5.32 Å². The second-order valence-electron chi connectivity index (χ2n) is 6.67. The van der Waals surface area contributed by atoms with Crippen LogP contribution in [0.1, 0.15) is 26.7 Å². The van der Waals surface area contributed by atoms with E-state index in [2.05, 4.69) is 12.2 Å². The Morgan fingerprint density at radius 1 is 1.21 bits per heavy atom. The third-order valence-electron chi connectivity index (χ3n) is 4.37. The number of nitrogens with one attached hydrogen (secondary N) is 1. The normalized spacial score (nSPS) is 12.0. The average molecular weight is 400 g/mol. The number of carbonyl (C=O) groups is 1. The fourth-order valence-electron chi connectivity index (χ4n) is 3.10. The average Bonchev–Trinajstić information content (AvgIpc) is 2.67. The van der Waals surface area contributed by atoms with Crippen molar-refractivity contribution in [3.8, 4) is 16.9 Å². The van der Waals surface area contributed by atoms with Crippen LogP contribution in [0.15, 0.2) is 57.7 Å². The van der Waals surface area contributed by atoms with Gasteiger partial charge >= 0.3 is 5.63 Å². The van der Waals surface area contributed by atoms with Crippen molar-refractivity contribution in [2.75, 3.05) is 6.61 Å². The Morgan fingerprint density at radius 2 is 1.96 bits per heavy atom. The molecule has 146 valence electrons. The fraction of sp³-hybridized carbons (Fsp3) is 0.273. The van der Waals surface area contributed by atoms with Gasteiger partial charge in [0, 0.05) is 23.6 Å². The van der Waals surface area contributed by atoms with Gasteiger partial charge in [0.1, 0.15) is 11.3 Å². The van der Waals surface area contributed by atoms with Gasteiger partial charge in [-0.25, -0.2) is 4.79 Å². The molecule has 0 saturated heterocycles. The van der Waals surface area contributed by atoms with Crippen LogP contribution in [0.25, 0.3) is 22.1 Å². The van der Waals surface area contributed by atoms with E-state index in [1.54, 1.807) is 12.1 Å². The molecule has 0 saturated carbocycles. The van der Waals surface area contributed by atoms with E-state index in [9.17, 15) is 9.59 Å². The molecule has 0 spiro atoms. The lowest BCUT2D eigenvalue weighted by Gasteiger charge is -2.14. The molecule has 2 aromatic carbocycles. The van der Waals surface area contributed by atoms with E-state index in [0.717, 1.165) is 24.0 Å². The molecule has 3 rings (SSSR count). The van der Waals surface area contributed by atoms with Crippen LogP contribution in [-0.4, -0.2) is 18.6 Å². The predicted octanol–water partition coefficient (Wildman–Crippen LogP) is 4.80. The lowest BCUT2D eigenvalue weighted by atomic mass is 10.0. The van der Waals surface area contributed by atoms with Gasteiger partial charge in [0.05, 0.1) is 5.02 Å². The Bertz CT molecular complexity index is 1030. The molecule has 0 bridgehead atoms. The van der Waals surface area contributed by atoms with E-state index < -0.39 is 5.63 Å². The second-order valence-corrected chi connectivity index (χ2v) is 7.08. The van der Waals surface area contributed by atoms with Gasteiger partial charge in [-0.3, -0.25) is 4.79 Å². The van der Waals surface area contributed by atoms with Crippen LogP contribution in [0.5, 0.6) is 5.75 Å². The molecule has 6 heteroatoms. The van der Waals surface area contributed by atoms with E-state index in [4.69, 9.17) is 20.8 Å². The van der Waals surface area contributed by atoms with Crippen LogP contribution in [0.2, 0.25) is 5.02 Å². The first-order valence-electron chi connectivity index (χ1n) is 9.23. The SMILES string of the molecule is CCC[C@H](C)NC(=O)COc1cc2oc(=O)cc(-c3ccccc3)c2cc1Cl. The molecule has 0 aliphatic carbocycles. The number of carbonyl (C=O) groups excluding carboxylic acids is 1. The third-order valence-corrected chi connectivity index (χ3v) is 4.67. The molecule has 0 aliphatic rings. The number of halogens is 1. The van der Waals surface area contributed by atoms with E-state index in [-0.39, 0.29) is 18.6 Å². The van der Waals surface area contributed by atoms with Crippen molar-refractivity contribution in [3.05, 3.63) is 64.0 Å². The number of amides is 1. The first-order valence-corrected chi connectivity index (χ1v) is 9.60. The quantitative estimate of drug-likeness (QED) is 0.579. The van der Waals surface area contributed by atoms with Crippen LogP contribution in [0, 0.1) is 0 Å². The zero-order chi connectivity index (χ0) is 20.1. The molecule has 0 aliphatic heterocycles. The van der Waals surface area contributed by atoms with Gasteiger partial charge in [-0.2, -0.15) is 0 Å². The summed E-state index contributed by atoms with van der Waals surface area (Å²) in [6, 6.07) is 14.3. The Labute approximate surface area is 168 Å². The summed E-state index contributed by atoms with van der Waals surface area (Å²) >= 11 is 6.36. The molecule has 1 aromatic heterocycles. The lowest BCUT2D eigenvalue weighted by molar-refractivity contribution is -0.123. The molecule has 3 aromatic rings. The Kier molecular flexibility index (Phi) is 6.37. The molecule has 1 heterocycles. The van der Waals surface area contributed by atoms with Crippen molar-refractivity contribution in [2.45, 2.75) is 32.7 Å². The molecule has 1 amide bonds. The van der Waals surface area contributed by atoms with E-state index in [0.29, 0.717) is 21.7 Å². The molecule has 1 N–H and O–H groups in total. The van der Waals surface area contributed by atoms with Gasteiger partial charge in [-0.15, -0.1) is 0 Å². The van der Waals surface area contributed by atoms with Gasteiger partial charge in [0.2, 0.25) is 0 Å². The van der Waals surface area contributed by atoms with Crippen molar-refractivity contribution in [3.63, 3.8) is 0 Å². The molecule has 1 atom stereocenters. The maximum atomic E-state index is 12.0. The summed E-state index contributed by atoms with van der Waals surface area (Å²) in [4.78, 5) is 24.0. The minimum atomic E-state index is -0.467. The van der Waals surface area contributed by atoms with Gasteiger partial charge < -0.3 is 14.5 Å². The number of fused-ring (bicyclic) bond motifs is 1. The summed E-state index contributed by atoms with van der Waals surface area (Å²) in [5.74, 6) is 0.0671. The van der Waals surface area contributed by atoms with Crippen LogP contribution in [0.3, 0.4) is 0 Å². The Balaban J connectivity index is 1.87. The van der Waals surface area contributed by atoms with Gasteiger partial charge in [-0.1, -0.05) is 55.3 Å². The van der Waals surface area contributed by atoms with E-state index in [1.165, 1.54) is 6.07 Å². The standard InChI is InChI=1S/C22H22ClNO4/c1-3-7-14(2)24-21(25)13-27-20-12-19-17(10-18(20)23)16(11-22(26)28-19)15-8-5-4-6-9-15/h4-6,8-12,14H,3,7,13H2,1-2H3,(H,24,25)/t14-/m0/s1. The zero-order valence-electron chi connectivity index (χ0n) is 15.8. The van der Waals surface area contributed by atoms with Crippen LogP contribution < -0.4 is 15.7 Å². The minimum Gasteiger partial charge on any atom is -0.482 e. The highest BCUT2D eigenvalue weighted by Gasteiger charge is 2.14. The molecular formula is C22H22ClNO4. The number of benzene rings is 2. The van der Waals surface area contributed by atoms with Crippen molar-refractivity contribution >= 4 is 28.5 Å². The smallest absolute Gasteiger partial charge is 0.336 e. The van der Waals surface area contributed by atoms with Crippen LogP contribution in [0.4, 0.5) is 0 Å². The second kappa shape index (κ2) is 8.93. The van der Waals surface area contributed by atoms with Gasteiger partial charge in [0.15, 0.2) is 6.61 Å². The van der Waals surface area contributed by atoms with Crippen LogP contribution >= 0.6 is 11.6 Å². The topological polar surface area (TPSA) is 68.5 Å². The highest BCUT2D eigenvalue weighted by atomic mass is 35.5. The number of hydrogen-bond acceptors (Lipinski definition) is 4. The van der Waals surface area contributed by atoms with E-state index >= 15 is 0 Å². The summed E-state index contributed by atoms with van der Waals surface area (Å²) in [6.45, 7) is 3.84. The van der Waals surface area contributed by atoms with Crippen molar-refractivity contribution in [2.24, 2.45) is 0 Å². The summed E-state index contributed by atoms with van der Waals surface area (Å²) in [7, 11) is 0. The number of hydrogen-bond donors (Lipinski definition) is 1. The maximum absolute atomic E-state index is 12.0. The molecule has 5 nitrogen and oxygen atoms in total. The van der Waals surface area contributed by atoms with Crippen LogP contribution in [-0.2, 0) is 4.79 Å². The predicted molar refractivity (Wildman–Crippen MR) is 111 cm³/mol. The first-order chi connectivity index (χ1) is 13.5. The summed E-state index contributed by atoms with van der Waals surface area (Å²) in [6.07, 6.45) is 1.89. The van der Waals surface area contributed by atoms with Gasteiger partial charge in [-0.05, 0) is 30.5 Å². The summed E-state index contributed by atoms with van der Waals surface area (Å²) in [5.41, 5.74) is 1.50. The summed E-state index contributed by atoms with van der Waals surface area (Å²) < 4.78 is 10.9. The molecule has 0 unspecified atom stereocenters. The fourth-order valence-corrected chi connectivity index (χ4v) is 3.31. The highest BCUT2D eigenvalue weighted by molar-refractivity contribution is 6.33. The minimum absolute atomic E-state index is 0.0830. The molecule has 0 radical (unpaired) electrons. The Morgan fingerprint density at radius 3 is 2.68 bits per heavy atom.